The number of fused-ring (bicyclic) bond motifs is 1. The first-order valence-electron chi connectivity index (χ1n) is 3.99. The molecule has 0 aromatic carbocycles. The summed E-state index contributed by atoms with van der Waals surface area (Å²) in [5.74, 6) is 0.555. The summed E-state index contributed by atoms with van der Waals surface area (Å²) in [6.07, 6.45) is 1.81. The number of hydrogen-bond acceptors (Lipinski definition) is 5. The van der Waals surface area contributed by atoms with E-state index in [-0.39, 0.29) is 11.4 Å². The maximum absolute atomic E-state index is 5.65. The van der Waals surface area contributed by atoms with E-state index in [1.165, 1.54) is 0 Å². The molecule has 2 rings (SSSR count). The van der Waals surface area contributed by atoms with Crippen molar-refractivity contribution < 1.29 is 0 Å². The van der Waals surface area contributed by atoms with E-state index in [0.717, 1.165) is 5.69 Å². The fraction of sp³-hybridized carbons (Fsp3) is 0.375. The molecule has 0 unspecified atom stereocenters. The van der Waals surface area contributed by atoms with Crippen molar-refractivity contribution in [1.29, 1.82) is 0 Å². The minimum atomic E-state index is -0.194. The van der Waals surface area contributed by atoms with Gasteiger partial charge >= 0.3 is 0 Å². The van der Waals surface area contributed by atoms with Crippen LogP contribution < -0.4 is 11.5 Å². The van der Waals surface area contributed by atoms with Crippen molar-refractivity contribution >= 4 is 23.7 Å². The second kappa shape index (κ2) is 2.18. The molecule has 0 aliphatic carbocycles. The summed E-state index contributed by atoms with van der Waals surface area (Å²) < 4.78 is 0. The molecule has 2 heterocycles. The van der Waals surface area contributed by atoms with Gasteiger partial charge in [0.25, 0.3) is 0 Å². The Morgan fingerprint density at radius 3 is 2.62 bits per heavy atom. The van der Waals surface area contributed by atoms with E-state index in [1.807, 2.05) is 20.1 Å². The van der Waals surface area contributed by atoms with Gasteiger partial charge in [-0.2, -0.15) is 4.98 Å². The highest BCUT2D eigenvalue weighted by molar-refractivity contribution is 5.86. The summed E-state index contributed by atoms with van der Waals surface area (Å²) in [5, 5.41) is 0. The van der Waals surface area contributed by atoms with Gasteiger partial charge in [0.2, 0.25) is 5.95 Å². The highest BCUT2D eigenvalue weighted by atomic mass is 15.1. The van der Waals surface area contributed by atoms with Gasteiger partial charge < -0.3 is 11.5 Å². The Morgan fingerprint density at radius 1 is 1.23 bits per heavy atom. The molecule has 0 saturated carbocycles. The molecule has 0 amide bonds. The maximum Gasteiger partial charge on any atom is 0.222 e. The number of nitrogen functional groups attached to an aromatic ring is 2. The molecule has 1 aromatic heterocycles. The quantitative estimate of drug-likeness (QED) is 0.608. The molecule has 1 aromatic rings. The highest BCUT2D eigenvalue weighted by Crippen LogP contribution is 2.38. The lowest BCUT2D eigenvalue weighted by atomic mass is 9.92. The normalized spacial score (nSPS) is 17.4. The Morgan fingerprint density at radius 2 is 1.92 bits per heavy atom. The molecule has 0 radical (unpaired) electrons. The van der Waals surface area contributed by atoms with Crippen molar-refractivity contribution in [3.63, 3.8) is 0 Å². The smallest absolute Gasteiger partial charge is 0.222 e. The van der Waals surface area contributed by atoms with E-state index >= 15 is 0 Å². The van der Waals surface area contributed by atoms with Gasteiger partial charge in [-0.3, -0.25) is 4.99 Å². The van der Waals surface area contributed by atoms with E-state index in [2.05, 4.69) is 15.0 Å². The predicted octanol–water partition coefficient (Wildman–Crippen LogP) is 0.635. The Balaban J connectivity index is 2.71. The predicted molar refractivity (Wildman–Crippen MR) is 52.0 cm³/mol. The van der Waals surface area contributed by atoms with Crippen LogP contribution in [0.25, 0.3) is 0 Å². The van der Waals surface area contributed by atoms with Crippen LogP contribution in [0.2, 0.25) is 0 Å². The molecular weight excluding hydrogens is 166 g/mol. The Hall–Kier alpha value is -1.65. The molecule has 1 aliphatic rings. The lowest BCUT2D eigenvalue weighted by molar-refractivity contribution is 0.721. The Labute approximate surface area is 75.9 Å². The second-order valence-corrected chi connectivity index (χ2v) is 3.64. The third-order valence-corrected chi connectivity index (χ3v) is 2.06. The van der Waals surface area contributed by atoms with Crippen molar-refractivity contribution in [2.75, 3.05) is 11.5 Å². The number of aromatic nitrogens is 2. The molecule has 68 valence electrons. The number of aliphatic imine (C=N–C) groups is 1. The molecule has 4 N–H and O–H groups in total. The lowest BCUT2D eigenvalue weighted by Crippen LogP contribution is -2.18. The summed E-state index contributed by atoms with van der Waals surface area (Å²) in [6.45, 7) is 4.02. The number of nitrogens with zero attached hydrogens (tertiary/aromatic N) is 3. The van der Waals surface area contributed by atoms with Gasteiger partial charge in [-0.05, 0) is 13.8 Å². The Kier molecular flexibility index (Phi) is 1.34. The molecule has 1 aliphatic heterocycles. The largest absolute Gasteiger partial charge is 0.382 e. The zero-order valence-electron chi connectivity index (χ0n) is 7.57. The number of hydrogen-bond donors (Lipinski definition) is 2. The van der Waals surface area contributed by atoms with Gasteiger partial charge in [0, 0.05) is 11.6 Å². The van der Waals surface area contributed by atoms with Crippen molar-refractivity contribution in [3.05, 3.63) is 5.69 Å². The molecule has 0 fully saturated rings. The van der Waals surface area contributed by atoms with Crippen molar-refractivity contribution in [2.45, 2.75) is 19.3 Å². The third kappa shape index (κ3) is 1.04. The Bertz CT molecular complexity index is 394. The summed E-state index contributed by atoms with van der Waals surface area (Å²) in [7, 11) is 0. The standard InChI is InChI=1S/C8H11N5/c1-8(2)3-11-4-5(8)12-7(10)13-6(4)9/h3H,1-2H3,(H4,9,10,12,13). The van der Waals surface area contributed by atoms with E-state index in [9.17, 15) is 0 Å². The summed E-state index contributed by atoms with van der Waals surface area (Å²) in [5.41, 5.74) is 12.4. The highest BCUT2D eigenvalue weighted by Gasteiger charge is 2.30. The first-order chi connectivity index (χ1) is 6.00. The van der Waals surface area contributed by atoms with Crippen molar-refractivity contribution in [3.8, 4) is 0 Å². The van der Waals surface area contributed by atoms with Crippen LogP contribution in [0.15, 0.2) is 4.99 Å². The first kappa shape index (κ1) is 7.97. The van der Waals surface area contributed by atoms with E-state index < -0.39 is 0 Å². The van der Waals surface area contributed by atoms with Crippen LogP contribution in [-0.4, -0.2) is 16.2 Å². The van der Waals surface area contributed by atoms with Gasteiger partial charge in [0.15, 0.2) is 5.82 Å². The fourth-order valence-electron chi connectivity index (χ4n) is 1.35. The minimum Gasteiger partial charge on any atom is -0.382 e. The minimum absolute atomic E-state index is 0.194. The maximum atomic E-state index is 5.65. The molecule has 5 nitrogen and oxygen atoms in total. The molecule has 0 spiro atoms. The van der Waals surface area contributed by atoms with Crippen LogP contribution in [0.1, 0.15) is 19.5 Å². The lowest BCUT2D eigenvalue weighted by Gasteiger charge is -2.14. The van der Waals surface area contributed by atoms with Crippen LogP contribution >= 0.6 is 0 Å². The molecular formula is C8H11N5. The number of nitrogens with two attached hydrogens (primary N) is 2. The zero-order valence-corrected chi connectivity index (χ0v) is 7.57. The summed E-state index contributed by atoms with van der Waals surface area (Å²) in [6, 6.07) is 0. The van der Waals surface area contributed by atoms with E-state index in [0.29, 0.717) is 11.5 Å². The van der Waals surface area contributed by atoms with E-state index in [4.69, 9.17) is 11.5 Å². The molecule has 5 heteroatoms. The van der Waals surface area contributed by atoms with Crippen LogP contribution in [0, 0.1) is 0 Å². The van der Waals surface area contributed by atoms with Crippen LogP contribution in [0.4, 0.5) is 17.5 Å². The molecule has 0 saturated heterocycles. The molecule has 0 atom stereocenters. The first-order valence-corrected chi connectivity index (χ1v) is 3.99. The van der Waals surface area contributed by atoms with Gasteiger partial charge in [-0.1, -0.05) is 0 Å². The average molecular weight is 177 g/mol. The summed E-state index contributed by atoms with van der Waals surface area (Å²) in [4.78, 5) is 12.1. The van der Waals surface area contributed by atoms with Gasteiger partial charge in [0.1, 0.15) is 5.69 Å². The van der Waals surface area contributed by atoms with E-state index in [1.54, 1.807) is 0 Å². The van der Waals surface area contributed by atoms with Crippen LogP contribution in [-0.2, 0) is 5.41 Å². The number of rotatable bonds is 0. The average Bonchev–Trinajstić information content (AvgIpc) is 2.28. The zero-order chi connectivity index (χ0) is 9.64. The van der Waals surface area contributed by atoms with Gasteiger partial charge in [-0.15, -0.1) is 0 Å². The summed E-state index contributed by atoms with van der Waals surface area (Å²) >= 11 is 0. The fourth-order valence-corrected chi connectivity index (χ4v) is 1.35. The number of anilines is 2. The molecule has 0 bridgehead atoms. The van der Waals surface area contributed by atoms with Gasteiger partial charge in [0.05, 0.1) is 5.69 Å². The monoisotopic (exact) mass is 177 g/mol. The topological polar surface area (TPSA) is 90.2 Å². The SMILES string of the molecule is CC1(C)C=Nc2c(N)nc(N)nc21. The van der Waals surface area contributed by atoms with Crippen molar-refractivity contribution in [2.24, 2.45) is 4.99 Å². The van der Waals surface area contributed by atoms with Crippen LogP contribution in [0.3, 0.4) is 0 Å². The van der Waals surface area contributed by atoms with Crippen molar-refractivity contribution in [1.82, 2.24) is 9.97 Å². The second-order valence-electron chi connectivity index (χ2n) is 3.64. The van der Waals surface area contributed by atoms with Crippen LogP contribution in [0.5, 0.6) is 0 Å². The van der Waals surface area contributed by atoms with Gasteiger partial charge in [-0.25, -0.2) is 4.98 Å². The third-order valence-electron chi connectivity index (χ3n) is 2.06. The molecule has 13 heavy (non-hydrogen) atoms.